The number of aliphatic hydroxyl groups is 1. The summed E-state index contributed by atoms with van der Waals surface area (Å²) in [5.74, 6) is -0.396. The Morgan fingerprint density at radius 1 is 1.14 bits per heavy atom. The third-order valence-corrected chi connectivity index (χ3v) is 4.49. The lowest BCUT2D eigenvalue weighted by atomic mass is 10.1. The van der Waals surface area contributed by atoms with E-state index in [1.54, 1.807) is 30.3 Å². The predicted octanol–water partition coefficient (Wildman–Crippen LogP) is 3.37. The van der Waals surface area contributed by atoms with E-state index in [1.165, 1.54) is 16.8 Å². The second kappa shape index (κ2) is 8.93. The van der Waals surface area contributed by atoms with Crippen LogP contribution < -0.4 is 11.3 Å². The largest absolute Gasteiger partial charge is 0.391 e. The first-order valence-corrected chi connectivity index (χ1v) is 9.02. The van der Waals surface area contributed by atoms with E-state index in [4.69, 9.17) is 17.3 Å². The summed E-state index contributed by atoms with van der Waals surface area (Å²) in [5.41, 5.74) is 7.75. The van der Waals surface area contributed by atoms with Crippen molar-refractivity contribution in [2.24, 2.45) is 5.73 Å². The average Bonchev–Trinajstić information content (AvgIpc) is 2.71. The maximum atomic E-state index is 13.7. The number of rotatable bonds is 6. The Morgan fingerprint density at radius 3 is 2.57 bits per heavy atom. The Balaban J connectivity index is 1.94. The second-order valence-corrected chi connectivity index (χ2v) is 6.60. The van der Waals surface area contributed by atoms with E-state index in [0.29, 0.717) is 21.8 Å². The minimum Gasteiger partial charge on any atom is -0.391 e. The summed E-state index contributed by atoms with van der Waals surface area (Å²) in [7, 11) is 0. The fraction of sp³-hybridized carbons (Fsp3) is 0.143. The van der Waals surface area contributed by atoms with Crippen molar-refractivity contribution >= 4 is 17.7 Å². The van der Waals surface area contributed by atoms with Gasteiger partial charge in [0.2, 0.25) is 0 Å². The predicted molar refractivity (Wildman–Crippen MR) is 108 cm³/mol. The lowest BCUT2D eigenvalue weighted by Crippen LogP contribution is -2.26. The van der Waals surface area contributed by atoms with E-state index in [0.717, 1.165) is 5.56 Å². The molecule has 7 heteroatoms. The van der Waals surface area contributed by atoms with E-state index in [2.05, 4.69) is 5.10 Å². The molecule has 0 saturated carbocycles. The van der Waals surface area contributed by atoms with Crippen LogP contribution in [0.3, 0.4) is 0 Å². The third kappa shape index (κ3) is 4.54. The number of nitrogens with two attached hydrogens (primary N) is 1. The third-order valence-electron chi connectivity index (χ3n) is 4.24. The Hall–Kier alpha value is -2.80. The normalized spacial score (nSPS) is 11.3. The highest BCUT2D eigenvalue weighted by Gasteiger charge is 2.11. The van der Waals surface area contributed by atoms with Crippen molar-refractivity contribution in [3.05, 3.63) is 92.5 Å². The number of benzene rings is 2. The summed E-state index contributed by atoms with van der Waals surface area (Å²) in [6.45, 7) is -0.149. The van der Waals surface area contributed by atoms with Crippen molar-refractivity contribution in [3.63, 3.8) is 0 Å². The van der Waals surface area contributed by atoms with Crippen LogP contribution in [0.1, 0.15) is 16.7 Å². The van der Waals surface area contributed by atoms with Crippen LogP contribution in [-0.2, 0) is 19.7 Å². The average molecular weight is 400 g/mol. The van der Waals surface area contributed by atoms with Crippen LogP contribution in [0.15, 0.2) is 59.4 Å². The zero-order chi connectivity index (χ0) is 20.1. The van der Waals surface area contributed by atoms with Crippen molar-refractivity contribution in [1.29, 1.82) is 0 Å². The molecule has 144 valence electrons. The minimum atomic E-state index is -0.416. The van der Waals surface area contributed by atoms with Gasteiger partial charge in [0.05, 0.1) is 18.8 Å². The van der Waals surface area contributed by atoms with Gasteiger partial charge in [-0.2, -0.15) is 5.10 Å². The molecule has 2 aromatic carbocycles. The van der Waals surface area contributed by atoms with Crippen molar-refractivity contribution < 1.29 is 9.50 Å². The van der Waals surface area contributed by atoms with E-state index in [1.807, 2.05) is 18.2 Å². The smallest absolute Gasteiger partial charge is 0.272 e. The van der Waals surface area contributed by atoms with Gasteiger partial charge >= 0.3 is 0 Å². The topological polar surface area (TPSA) is 81.1 Å². The molecule has 5 nitrogen and oxygen atoms in total. The molecule has 0 aliphatic carbocycles. The number of allylic oxidation sites excluding steroid dienone is 1. The molecule has 3 rings (SSSR count). The molecular weight excluding hydrogens is 381 g/mol. The quantitative estimate of drug-likeness (QED) is 0.666. The Morgan fingerprint density at radius 2 is 1.89 bits per heavy atom. The van der Waals surface area contributed by atoms with Crippen molar-refractivity contribution in [1.82, 2.24) is 9.78 Å². The maximum absolute atomic E-state index is 13.7. The molecule has 0 atom stereocenters. The molecule has 0 bridgehead atoms. The van der Waals surface area contributed by atoms with Gasteiger partial charge in [-0.3, -0.25) is 4.79 Å². The molecule has 1 aromatic heterocycles. The standard InChI is InChI=1S/C21H19ClFN3O2/c22-18-6-3-14(4-7-18)2-1-9-26-21(28)17(13-27)11-20(25-26)15-5-8-19(23)16(10-15)12-24/h1-8,10-11,27H,9,12-13,24H2/b2-1+. The van der Waals surface area contributed by atoms with Crippen LogP contribution >= 0.6 is 11.6 Å². The minimum absolute atomic E-state index is 0.0516. The molecule has 0 amide bonds. The highest BCUT2D eigenvalue weighted by Crippen LogP contribution is 2.20. The first-order valence-electron chi connectivity index (χ1n) is 8.64. The lowest BCUT2D eigenvalue weighted by molar-refractivity contribution is 0.278. The first kappa shape index (κ1) is 19.9. The second-order valence-electron chi connectivity index (χ2n) is 6.16. The molecular formula is C21H19ClFN3O2. The molecule has 0 aliphatic rings. The summed E-state index contributed by atoms with van der Waals surface area (Å²) >= 11 is 5.87. The van der Waals surface area contributed by atoms with Crippen molar-refractivity contribution in [3.8, 4) is 11.3 Å². The zero-order valence-electron chi connectivity index (χ0n) is 15.0. The van der Waals surface area contributed by atoms with Crippen LogP contribution in [0.5, 0.6) is 0 Å². The summed E-state index contributed by atoms with van der Waals surface area (Å²) in [6, 6.07) is 13.3. The molecule has 0 fully saturated rings. The molecule has 1 heterocycles. The molecule has 3 aromatic rings. The van der Waals surface area contributed by atoms with Crippen LogP contribution in [0.2, 0.25) is 5.02 Å². The fourth-order valence-electron chi connectivity index (χ4n) is 2.73. The molecule has 3 N–H and O–H groups in total. The first-order chi connectivity index (χ1) is 13.5. The summed E-state index contributed by atoms with van der Waals surface area (Å²) in [5, 5.41) is 14.5. The van der Waals surface area contributed by atoms with Crippen LogP contribution in [0.4, 0.5) is 4.39 Å². The molecule has 0 unspecified atom stereocenters. The highest BCUT2D eigenvalue weighted by atomic mass is 35.5. The van der Waals surface area contributed by atoms with Gasteiger partial charge in [0, 0.05) is 28.3 Å². The SMILES string of the molecule is NCc1cc(-c2cc(CO)c(=O)n(C/C=C/c3ccc(Cl)cc3)n2)ccc1F. The Labute approximate surface area is 166 Å². The van der Waals surface area contributed by atoms with E-state index in [9.17, 15) is 14.3 Å². The number of hydrogen-bond acceptors (Lipinski definition) is 4. The number of hydrogen-bond donors (Lipinski definition) is 2. The number of aromatic nitrogens is 2. The van der Waals surface area contributed by atoms with Crippen molar-refractivity contribution in [2.45, 2.75) is 19.7 Å². The van der Waals surface area contributed by atoms with Gasteiger partial charge in [-0.25, -0.2) is 9.07 Å². The van der Waals surface area contributed by atoms with Gasteiger partial charge in [-0.05, 0) is 42.0 Å². The Bertz CT molecular complexity index is 1060. The van der Waals surface area contributed by atoms with Crippen LogP contribution in [-0.4, -0.2) is 14.9 Å². The van der Waals surface area contributed by atoms with E-state index < -0.39 is 12.4 Å². The molecule has 0 radical (unpaired) electrons. The van der Waals surface area contributed by atoms with E-state index >= 15 is 0 Å². The van der Waals surface area contributed by atoms with E-state index in [-0.39, 0.29) is 24.2 Å². The van der Waals surface area contributed by atoms with Gasteiger partial charge in [-0.1, -0.05) is 35.9 Å². The van der Waals surface area contributed by atoms with Gasteiger partial charge < -0.3 is 10.8 Å². The number of aliphatic hydroxyl groups excluding tert-OH is 1. The Kier molecular flexibility index (Phi) is 6.36. The zero-order valence-corrected chi connectivity index (χ0v) is 15.7. The number of nitrogens with zero attached hydrogens (tertiary/aromatic N) is 2. The fourth-order valence-corrected chi connectivity index (χ4v) is 2.85. The lowest BCUT2D eigenvalue weighted by Gasteiger charge is -2.10. The molecule has 28 heavy (non-hydrogen) atoms. The maximum Gasteiger partial charge on any atom is 0.272 e. The molecule has 0 saturated heterocycles. The monoisotopic (exact) mass is 399 g/mol. The van der Waals surface area contributed by atoms with Crippen molar-refractivity contribution in [2.75, 3.05) is 0 Å². The number of halogens is 2. The van der Waals surface area contributed by atoms with Gasteiger partial charge in [0.15, 0.2) is 0 Å². The summed E-state index contributed by atoms with van der Waals surface area (Å²) < 4.78 is 15.0. The molecule has 0 aliphatic heterocycles. The van der Waals surface area contributed by atoms with Gasteiger partial charge in [-0.15, -0.1) is 0 Å². The summed E-state index contributed by atoms with van der Waals surface area (Å²) in [4.78, 5) is 12.5. The van der Waals surface area contributed by atoms with Gasteiger partial charge in [0.1, 0.15) is 5.82 Å². The van der Waals surface area contributed by atoms with Crippen LogP contribution in [0.25, 0.3) is 17.3 Å². The van der Waals surface area contributed by atoms with Crippen LogP contribution in [0, 0.1) is 5.82 Å². The summed E-state index contributed by atoms with van der Waals surface area (Å²) in [6.07, 6.45) is 3.64. The molecule has 0 spiro atoms. The highest BCUT2D eigenvalue weighted by molar-refractivity contribution is 6.30. The van der Waals surface area contributed by atoms with Gasteiger partial charge in [0.25, 0.3) is 5.56 Å².